The van der Waals surface area contributed by atoms with Gasteiger partial charge in [0.15, 0.2) is 0 Å². The number of ether oxygens (including phenoxy) is 1. The molecule has 2 amide bonds. The molecule has 28 heavy (non-hydrogen) atoms. The van der Waals surface area contributed by atoms with Crippen molar-refractivity contribution in [3.63, 3.8) is 0 Å². The van der Waals surface area contributed by atoms with Crippen molar-refractivity contribution in [2.75, 3.05) is 19.7 Å². The first-order chi connectivity index (χ1) is 13.6. The van der Waals surface area contributed by atoms with E-state index in [1.54, 1.807) is 12.1 Å². The molecule has 1 aromatic heterocycles. The summed E-state index contributed by atoms with van der Waals surface area (Å²) < 4.78 is 5.93. The predicted octanol–water partition coefficient (Wildman–Crippen LogP) is 2.94. The number of aromatic nitrogens is 1. The summed E-state index contributed by atoms with van der Waals surface area (Å²) in [5.74, 6) is 0.00157. The zero-order valence-corrected chi connectivity index (χ0v) is 15.8. The Kier molecular flexibility index (Phi) is 5.39. The zero-order chi connectivity index (χ0) is 19.5. The Morgan fingerprint density at radius 1 is 1.07 bits per heavy atom. The SMILES string of the molecule is NC(=O)c1ccc(-c2cccc(C3CN(C(=O)C4CCCC4)CCO3)n2)cc1. The van der Waals surface area contributed by atoms with Crippen molar-refractivity contribution in [2.24, 2.45) is 11.7 Å². The lowest BCUT2D eigenvalue weighted by Crippen LogP contribution is -2.44. The number of carbonyl (C=O) groups is 2. The molecule has 6 nitrogen and oxygen atoms in total. The van der Waals surface area contributed by atoms with E-state index < -0.39 is 5.91 Å². The summed E-state index contributed by atoms with van der Waals surface area (Å²) in [4.78, 5) is 30.7. The van der Waals surface area contributed by atoms with Crippen molar-refractivity contribution in [3.8, 4) is 11.3 Å². The summed E-state index contributed by atoms with van der Waals surface area (Å²) in [5, 5.41) is 0. The monoisotopic (exact) mass is 379 g/mol. The average Bonchev–Trinajstić information content (AvgIpc) is 3.28. The topological polar surface area (TPSA) is 85.5 Å². The second kappa shape index (κ2) is 8.10. The van der Waals surface area contributed by atoms with E-state index in [9.17, 15) is 9.59 Å². The van der Waals surface area contributed by atoms with Crippen molar-refractivity contribution in [1.82, 2.24) is 9.88 Å². The van der Waals surface area contributed by atoms with Crippen molar-refractivity contribution in [1.29, 1.82) is 0 Å². The van der Waals surface area contributed by atoms with Gasteiger partial charge in [-0.15, -0.1) is 0 Å². The summed E-state index contributed by atoms with van der Waals surface area (Å²) >= 11 is 0. The molecule has 1 saturated heterocycles. The fourth-order valence-corrected chi connectivity index (χ4v) is 4.06. The summed E-state index contributed by atoms with van der Waals surface area (Å²) in [6.45, 7) is 1.73. The molecule has 0 spiro atoms. The highest BCUT2D eigenvalue weighted by molar-refractivity contribution is 5.93. The van der Waals surface area contributed by atoms with Gasteiger partial charge in [-0.2, -0.15) is 0 Å². The lowest BCUT2D eigenvalue weighted by Gasteiger charge is -2.34. The molecular formula is C22H25N3O3. The highest BCUT2D eigenvalue weighted by atomic mass is 16.5. The highest BCUT2D eigenvalue weighted by Crippen LogP contribution is 2.29. The summed E-state index contributed by atoms with van der Waals surface area (Å²) in [6.07, 6.45) is 4.11. The molecule has 2 N–H and O–H groups in total. The van der Waals surface area contributed by atoms with Gasteiger partial charge < -0.3 is 15.4 Å². The Hall–Kier alpha value is -2.73. The molecular weight excluding hydrogens is 354 g/mol. The Morgan fingerprint density at radius 2 is 1.82 bits per heavy atom. The van der Waals surface area contributed by atoms with Crippen LogP contribution in [0, 0.1) is 5.92 Å². The Bertz CT molecular complexity index is 860. The number of rotatable bonds is 4. The van der Waals surface area contributed by atoms with Crippen LogP contribution in [0.1, 0.15) is 47.8 Å². The van der Waals surface area contributed by atoms with E-state index in [2.05, 4.69) is 0 Å². The van der Waals surface area contributed by atoms with E-state index >= 15 is 0 Å². The molecule has 1 aliphatic heterocycles. The number of carbonyl (C=O) groups excluding carboxylic acids is 2. The predicted molar refractivity (Wildman–Crippen MR) is 105 cm³/mol. The summed E-state index contributed by atoms with van der Waals surface area (Å²) in [6, 6.07) is 12.9. The zero-order valence-electron chi connectivity index (χ0n) is 15.8. The normalized spacial score (nSPS) is 20.3. The molecule has 6 heteroatoms. The van der Waals surface area contributed by atoms with Gasteiger partial charge in [0.2, 0.25) is 11.8 Å². The molecule has 1 unspecified atom stereocenters. The van der Waals surface area contributed by atoms with Crippen LogP contribution in [0.5, 0.6) is 0 Å². The van der Waals surface area contributed by atoms with Gasteiger partial charge in [0.05, 0.1) is 24.5 Å². The van der Waals surface area contributed by atoms with Crippen molar-refractivity contribution < 1.29 is 14.3 Å². The van der Waals surface area contributed by atoms with E-state index in [0.717, 1.165) is 42.6 Å². The largest absolute Gasteiger partial charge is 0.368 e. The van der Waals surface area contributed by atoms with Crippen LogP contribution in [-0.4, -0.2) is 41.4 Å². The van der Waals surface area contributed by atoms with Crippen LogP contribution in [0.4, 0.5) is 0 Å². The average molecular weight is 379 g/mol. The van der Waals surface area contributed by atoms with E-state index in [-0.39, 0.29) is 17.9 Å². The first-order valence-electron chi connectivity index (χ1n) is 9.89. The van der Waals surface area contributed by atoms with Gasteiger partial charge in [-0.05, 0) is 37.1 Å². The van der Waals surface area contributed by atoms with Gasteiger partial charge in [-0.25, -0.2) is 4.98 Å². The lowest BCUT2D eigenvalue weighted by atomic mass is 10.0. The summed E-state index contributed by atoms with van der Waals surface area (Å²) in [7, 11) is 0. The molecule has 1 atom stereocenters. The Labute approximate surface area is 164 Å². The third-order valence-corrected chi connectivity index (χ3v) is 5.65. The molecule has 2 fully saturated rings. The third-order valence-electron chi connectivity index (χ3n) is 5.65. The molecule has 4 rings (SSSR count). The maximum atomic E-state index is 12.8. The molecule has 0 bridgehead atoms. The number of hydrogen-bond acceptors (Lipinski definition) is 4. The van der Waals surface area contributed by atoms with Crippen molar-refractivity contribution >= 4 is 11.8 Å². The quantitative estimate of drug-likeness (QED) is 0.885. The van der Waals surface area contributed by atoms with E-state index in [0.29, 0.717) is 25.3 Å². The van der Waals surface area contributed by atoms with Crippen LogP contribution in [0.25, 0.3) is 11.3 Å². The molecule has 2 aliphatic rings. The van der Waals surface area contributed by atoms with Gasteiger partial charge in [-0.1, -0.05) is 31.0 Å². The fourth-order valence-electron chi connectivity index (χ4n) is 4.06. The minimum atomic E-state index is -0.448. The van der Waals surface area contributed by atoms with Gasteiger partial charge >= 0.3 is 0 Å². The second-order valence-electron chi connectivity index (χ2n) is 7.51. The van der Waals surface area contributed by atoms with Crippen LogP contribution in [0.2, 0.25) is 0 Å². The molecule has 1 aromatic carbocycles. The first-order valence-corrected chi connectivity index (χ1v) is 9.89. The second-order valence-corrected chi connectivity index (χ2v) is 7.51. The number of morpholine rings is 1. The van der Waals surface area contributed by atoms with E-state index in [4.69, 9.17) is 15.5 Å². The van der Waals surface area contributed by atoms with Crippen LogP contribution >= 0.6 is 0 Å². The number of nitrogens with zero attached hydrogens (tertiary/aromatic N) is 2. The highest BCUT2D eigenvalue weighted by Gasteiger charge is 2.32. The molecule has 2 heterocycles. The van der Waals surface area contributed by atoms with Crippen molar-refractivity contribution in [3.05, 3.63) is 53.7 Å². The molecule has 0 radical (unpaired) electrons. The minimum Gasteiger partial charge on any atom is -0.368 e. The van der Waals surface area contributed by atoms with Gasteiger partial charge in [0, 0.05) is 23.6 Å². The smallest absolute Gasteiger partial charge is 0.248 e. The van der Waals surface area contributed by atoms with Crippen LogP contribution in [0.3, 0.4) is 0 Å². The van der Waals surface area contributed by atoms with Crippen molar-refractivity contribution in [2.45, 2.75) is 31.8 Å². The van der Waals surface area contributed by atoms with Gasteiger partial charge in [0.25, 0.3) is 0 Å². The number of primary amides is 1. The third kappa shape index (κ3) is 3.92. The summed E-state index contributed by atoms with van der Waals surface area (Å²) in [5.41, 5.74) is 8.30. The Morgan fingerprint density at radius 3 is 2.54 bits per heavy atom. The van der Waals surface area contributed by atoms with E-state index in [1.165, 1.54) is 0 Å². The van der Waals surface area contributed by atoms with Crippen LogP contribution in [0.15, 0.2) is 42.5 Å². The maximum absolute atomic E-state index is 12.8. The number of benzene rings is 1. The molecule has 146 valence electrons. The first kappa shape index (κ1) is 18.6. The number of hydrogen-bond donors (Lipinski definition) is 1. The molecule has 1 aliphatic carbocycles. The molecule has 1 saturated carbocycles. The van der Waals surface area contributed by atoms with Gasteiger partial charge in [0.1, 0.15) is 6.10 Å². The standard InChI is InChI=1S/C22H25N3O3/c23-21(26)16-10-8-15(9-11-16)18-6-3-7-19(24-18)20-14-25(12-13-28-20)22(27)17-4-1-2-5-17/h3,6-11,17,20H,1-2,4-5,12-14H2,(H2,23,26). The van der Waals surface area contributed by atoms with Crippen LogP contribution in [-0.2, 0) is 9.53 Å². The molecule has 2 aromatic rings. The Balaban J connectivity index is 1.50. The van der Waals surface area contributed by atoms with Crippen LogP contribution < -0.4 is 5.73 Å². The number of amides is 2. The number of nitrogens with two attached hydrogens (primary N) is 1. The minimum absolute atomic E-state index is 0.182. The van der Waals surface area contributed by atoms with Gasteiger partial charge in [-0.3, -0.25) is 9.59 Å². The lowest BCUT2D eigenvalue weighted by molar-refractivity contribution is -0.143. The maximum Gasteiger partial charge on any atom is 0.248 e. The number of pyridine rings is 1. The van der Waals surface area contributed by atoms with E-state index in [1.807, 2.05) is 35.2 Å². The fraction of sp³-hybridized carbons (Fsp3) is 0.409.